The van der Waals surface area contributed by atoms with Crippen molar-refractivity contribution in [1.29, 1.82) is 0 Å². The van der Waals surface area contributed by atoms with Gasteiger partial charge in [0.05, 0.1) is 5.54 Å². The second kappa shape index (κ2) is 7.63. The van der Waals surface area contributed by atoms with Gasteiger partial charge in [0.2, 0.25) is 5.95 Å². The maximum atomic E-state index is 5.48. The lowest BCUT2D eigenvalue weighted by atomic mass is 9.94. The van der Waals surface area contributed by atoms with Gasteiger partial charge < -0.3 is 5.32 Å². The van der Waals surface area contributed by atoms with Crippen LogP contribution in [-0.4, -0.2) is 16.2 Å². The molecule has 3 rings (SSSR count). The van der Waals surface area contributed by atoms with Crippen molar-refractivity contribution >= 4 is 17.7 Å². The van der Waals surface area contributed by atoms with Gasteiger partial charge in [-0.3, -0.25) is 0 Å². The number of thioether (sulfide) groups is 1. The molecule has 0 amide bonds. The highest BCUT2D eigenvalue weighted by molar-refractivity contribution is 7.98. The van der Waals surface area contributed by atoms with E-state index in [-0.39, 0.29) is 5.54 Å². The van der Waals surface area contributed by atoms with Gasteiger partial charge in [-0.2, -0.15) is 0 Å². The first-order chi connectivity index (χ1) is 12.5. The fraction of sp³-hybridized carbons (Fsp3) is 0.182. The summed E-state index contributed by atoms with van der Waals surface area (Å²) in [6, 6.07) is 16.2. The molecule has 1 aromatic heterocycles. The van der Waals surface area contributed by atoms with Crippen LogP contribution in [0.15, 0.2) is 65.8 Å². The molecule has 4 heteroatoms. The summed E-state index contributed by atoms with van der Waals surface area (Å²) >= 11 is 1.74. The molecule has 0 radical (unpaired) electrons. The minimum atomic E-state index is -0.287. The molecule has 3 nitrogen and oxygen atoms in total. The summed E-state index contributed by atoms with van der Waals surface area (Å²) < 4.78 is 0. The molecule has 0 saturated carbocycles. The van der Waals surface area contributed by atoms with Gasteiger partial charge in [-0.25, -0.2) is 9.97 Å². The first kappa shape index (κ1) is 18.0. The maximum Gasteiger partial charge on any atom is 0.223 e. The van der Waals surface area contributed by atoms with E-state index in [0.29, 0.717) is 5.95 Å². The average Bonchev–Trinajstić information content (AvgIpc) is 2.68. The highest BCUT2D eigenvalue weighted by atomic mass is 32.2. The molecule has 1 heterocycles. The Balaban J connectivity index is 1.84. The van der Waals surface area contributed by atoms with E-state index in [2.05, 4.69) is 65.6 Å². The number of nitrogens with zero attached hydrogens (tertiary/aromatic N) is 2. The molecule has 0 spiro atoms. The Kier molecular flexibility index (Phi) is 5.29. The van der Waals surface area contributed by atoms with Crippen LogP contribution in [0.2, 0.25) is 0 Å². The molecule has 0 saturated heterocycles. The van der Waals surface area contributed by atoms with Crippen molar-refractivity contribution in [3.05, 3.63) is 72.1 Å². The third kappa shape index (κ3) is 3.89. The first-order valence-corrected chi connectivity index (χ1v) is 9.57. The lowest BCUT2D eigenvalue weighted by Crippen LogP contribution is -2.29. The van der Waals surface area contributed by atoms with Crippen molar-refractivity contribution in [2.75, 3.05) is 11.6 Å². The van der Waals surface area contributed by atoms with E-state index in [1.54, 1.807) is 11.8 Å². The van der Waals surface area contributed by atoms with Crippen LogP contribution >= 0.6 is 11.8 Å². The molecule has 0 bridgehead atoms. The van der Waals surface area contributed by atoms with E-state index in [0.717, 1.165) is 16.7 Å². The Morgan fingerprint density at radius 1 is 1.00 bits per heavy atom. The molecule has 3 aromatic rings. The van der Waals surface area contributed by atoms with E-state index >= 15 is 0 Å². The minimum Gasteiger partial charge on any atom is -0.345 e. The van der Waals surface area contributed by atoms with Crippen LogP contribution in [0.4, 0.5) is 5.95 Å². The van der Waals surface area contributed by atoms with Gasteiger partial charge in [0.1, 0.15) is 0 Å². The second-order valence-electron chi connectivity index (χ2n) is 6.47. The number of hydrogen-bond acceptors (Lipinski definition) is 4. The summed E-state index contributed by atoms with van der Waals surface area (Å²) in [4.78, 5) is 10.2. The highest BCUT2D eigenvalue weighted by Gasteiger charge is 2.24. The van der Waals surface area contributed by atoms with Crippen LogP contribution in [0, 0.1) is 12.3 Å². The molecule has 0 aliphatic rings. The normalized spacial score (nSPS) is 11.0. The Hall–Kier alpha value is -2.77. The van der Waals surface area contributed by atoms with Gasteiger partial charge in [-0.1, -0.05) is 36.3 Å². The zero-order valence-electron chi connectivity index (χ0n) is 15.2. The largest absolute Gasteiger partial charge is 0.345 e. The molecule has 1 N–H and O–H groups in total. The monoisotopic (exact) mass is 359 g/mol. The summed E-state index contributed by atoms with van der Waals surface area (Å²) in [5.74, 6) is 3.25. The zero-order valence-corrected chi connectivity index (χ0v) is 16.0. The van der Waals surface area contributed by atoms with E-state index < -0.39 is 0 Å². The Morgan fingerprint density at radius 2 is 1.73 bits per heavy atom. The molecule has 0 aliphatic heterocycles. The van der Waals surface area contributed by atoms with Crippen LogP contribution in [0.5, 0.6) is 0 Å². The molecule has 0 unspecified atom stereocenters. The fourth-order valence-electron chi connectivity index (χ4n) is 2.84. The third-order valence-electron chi connectivity index (χ3n) is 4.22. The van der Waals surface area contributed by atoms with E-state index in [4.69, 9.17) is 6.42 Å². The maximum absolute atomic E-state index is 5.48. The minimum absolute atomic E-state index is 0.287. The topological polar surface area (TPSA) is 37.8 Å². The Bertz CT molecular complexity index is 940. The van der Waals surface area contributed by atoms with Crippen molar-refractivity contribution < 1.29 is 0 Å². The van der Waals surface area contributed by atoms with Crippen molar-refractivity contribution in [2.45, 2.75) is 24.3 Å². The van der Waals surface area contributed by atoms with E-state index in [1.807, 2.05) is 36.7 Å². The summed E-state index contributed by atoms with van der Waals surface area (Å²) in [5.41, 5.74) is 3.74. The standard InChI is InChI=1S/C22H21N3S/c1-5-16-9-8-10-17(13-16)18-14-23-21(24-15-18)25-22(2,3)19-11-6-7-12-20(19)26-4/h1,6-15H,2-4H3,(H,23,24,25). The van der Waals surface area contributed by atoms with Crippen LogP contribution in [0.25, 0.3) is 11.1 Å². The van der Waals surface area contributed by atoms with Gasteiger partial charge in [0.25, 0.3) is 0 Å². The third-order valence-corrected chi connectivity index (χ3v) is 5.01. The van der Waals surface area contributed by atoms with Gasteiger partial charge in [-0.05, 0) is 49.4 Å². The number of anilines is 1. The summed E-state index contributed by atoms with van der Waals surface area (Å²) in [5, 5.41) is 3.44. The number of rotatable bonds is 5. The molecule has 26 heavy (non-hydrogen) atoms. The van der Waals surface area contributed by atoms with Gasteiger partial charge >= 0.3 is 0 Å². The number of hydrogen-bond donors (Lipinski definition) is 1. The number of nitrogens with one attached hydrogen (secondary N) is 1. The molecule has 2 aromatic carbocycles. The quantitative estimate of drug-likeness (QED) is 0.502. The molecule has 130 valence electrons. The predicted molar refractivity (Wildman–Crippen MR) is 110 cm³/mol. The van der Waals surface area contributed by atoms with E-state index in [1.165, 1.54) is 10.5 Å². The number of terminal acetylenes is 1. The SMILES string of the molecule is C#Cc1cccc(-c2cnc(NC(C)(C)c3ccccc3SC)nc2)c1. The lowest BCUT2D eigenvalue weighted by Gasteiger charge is -2.28. The number of benzene rings is 2. The summed E-state index contributed by atoms with van der Waals surface area (Å²) in [6.07, 6.45) is 11.2. The molecule has 0 atom stereocenters. The van der Waals surface area contributed by atoms with Crippen molar-refractivity contribution in [1.82, 2.24) is 9.97 Å². The lowest BCUT2D eigenvalue weighted by molar-refractivity contribution is 0.589. The van der Waals surface area contributed by atoms with E-state index in [9.17, 15) is 0 Å². The van der Waals surface area contributed by atoms with Crippen molar-refractivity contribution in [2.24, 2.45) is 0 Å². The molecule has 0 aliphatic carbocycles. The predicted octanol–water partition coefficient (Wildman–Crippen LogP) is 5.19. The Labute approximate surface area is 159 Å². The van der Waals surface area contributed by atoms with Crippen LogP contribution in [0.1, 0.15) is 25.0 Å². The van der Waals surface area contributed by atoms with Gasteiger partial charge in [-0.15, -0.1) is 18.2 Å². The van der Waals surface area contributed by atoms with Crippen LogP contribution < -0.4 is 5.32 Å². The average molecular weight is 359 g/mol. The highest BCUT2D eigenvalue weighted by Crippen LogP contribution is 2.32. The van der Waals surface area contributed by atoms with Crippen molar-refractivity contribution in [3.63, 3.8) is 0 Å². The zero-order chi connectivity index (χ0) is 18.6. The summed E-state index contributed by atoms with van der Waals surface area (Å²) in [6.45, 7) is 4.27. The summed E-state index contributed by atoms with van der Waals surface area (Å²) in [7, 11) is 0. The van der Waals surface area contributed by atoms with Crippen LogP contribution in [-0.2, 0) is 5.54 Å². The Morgan fingerprint density at radius 3 is 2.42 bits per heavy atom. The number of aromatic nitrogens is 2. The molecule has 0 fully saturated rings. The van der Waals surface area contributed by atoms with Crippen molar-refractivity contribution in [3.8, 4) is 23.5 Å². The molecular formula is C22H21N3S. The second-order valence-corrected chi connectivity index (χ2v) is 7.32. The first-order valence-electron chi connectivity index (χ1n) is 8.34. The van der Waals surface area contributed by atoms with Crippen LogP contribution in [0.3, 0.4) is 0 Å². The molecular weight excluding hydrogens is 338 g/mol. The smallest absolute Gasteiger partial charge is 0.223 e. The van der Waals surface area contributed by atoms with Gasteiger partial charge in [0.15, 0.2) is 0 Å². The van der Waals surface area contributed by atoms with Gasteiger partial charge in [0, 0.05) is 28.4 Å². The fourth-order valence-corrected chi connectivity index (χ4v) is 3.60.